The first-order valence-electron chi connectivity index (χ1n) is 7.81. The van der Waals surface area contributed by atoms with Crippen molar-refractivity contribution in [2.24, 2.45) is 11.7 Å². The zero-order chi connectivity index (χ0) is 15.2. The third-order valence-corrected chi connectivity index (χ3v) is 3.72. The second-order valence-corrected chi connectivity index (χ2v) is 6.28. The van der Waals surface area contributed by atoms with Crippen LogP contribution in [0.4, 0.5) is 5.69 Å². The van der Waals surface area contributed by atoms with Gasteiger partial charge in [-0.15, -0.1) is 0 Å². The van der Waals surface area contributed by atoms with Crippen molar-refractivity contribution in [1.82, 2.24) is 0 Å². The van der Waals surface area contributed by atoms with E-state index in [1.165, 1.54) is 5.56 Å². The van der Waals surface area contributed by atoms with Crippen molar-refractivity contribution >= 4 is 11.6 Å². The molecule has 0 bridgehead atoms. The standard InChI is InChI=1S/C17H26N2O2/c1-12(2)10-14(18)11-13-5-7-15(8-6-13)19-17(20)16-4-3-9-21-16/h5-8,12,14,16H,3-4,9-11,18H2,1-2H3,(H,19,20). The van der Waals surface area contributed by atoms with Crippen molar-refractivity contribution in [1.29, 1.82) is 0 Å². The number of nitrogens with one attached hydrogen (secondary N) is 1. The zero-order valence-corrected chi connectivity index (χ0v) is 13.0. The minimum atomic E-state index is -0.288. The minimum Gasteiger partial charge on any atom is -0.368 e. The van der Waals surface area contributed by atoms with Gasteiger partial charge in [0.25, 0.3) is 5.91 Å². The summed E-state index contributed by atoms with van der Waals surface area (Å²) in [7, 11) is 0. The van der Waals surface area contributed by atoms with Crippen molar-refractivity contribution < 1.29 is 9.53 Å². The summed E-state index contributed by atoms with van der Waals surface area (Å²) in [6.45, 7) is 5.05. The first kappa shape index (κ1) is 16.0. The summed E-state index contributed by atoms with van der Waals surface area (Å²) in [4.78, 5) is 11.9. The lowest BCUT2D eigenvalue weighted by molar-refractivity contribution is -0.124. The van der Waals surface area contributed by atoms with Gasteiger partial charge in [0.2, 0.25) is 0 Å². The van der Waals surface area contributed by atoms with Gasteiger partial charge >= 0.3 is 0 Å². The average Bonchev–Trinajstić information content (AvgIpc) is 2.94. The molecule has 1 aliphatic heterocycles. The topological polar surface area (TPSA) is 64.3 Å². The fraction of sp³-hybridized carbons (Fsp3) is 0.588. The van der Waals surface area contributed by atoms with E-state index >= 15 is 0 Å². The highest BCUT2D eigenvalue weighted by Gasteiger charge is 2.23. The van der Waals surface area contributed by atoms with Gasteiger partial charge in [-0.25, -0.2) is 0 Å². The highest BCUT2D eigenvalue weighted by atomic mass is 16.5. The van der Waals surface area contributed by atoms with Crippen LogP contribution in [0.3, 0.4) is 0 Å². The lowest BCUT2D eigenvalue weighted by Crippen LogP contribution is -2.27. The number of ether oxygens (including phenoxy) is 1. The molecule has 4 heteroatoms. The van der Waals surface area contributed by atoms with Gasteiger partial charge in [-0.05, 0) is 49.3 Å². The lowest BCUT2D eigenvalue weighted by Gasteiger charge is -2.15. The molecule has 1 aromatic carbocycles. The summed E-state index contributed by atoms with van der Waals surface area (Å²) in [5.41, 5.74) is 8.14. The molecular weight excluding hydrogens is 264 g/mol. The summed E-state index contributed by atoms with van der Waals surface area (Å²) in [6, 6.07) is 8.13. The first-order chi connectivity index (χ1) is 10.0. The van der Waals surface area contributed by atoms with E-state index in [-0.39, 0.29) is 18.1 Å². The number of rotatable bonds is 6. The zero-order valence-electron chi connectivity index (χ0n) is 13.0. The second-order valence-electron chi connectivity index (χ2n) is 6.28. The summed E-state index contributed by atoms with van der Waals surface area (Å²) < 4.78 is 5.37. The minimum absolute atomic E-state index is 0.0447. The van der Waals surface area contributed by atoms with Crippen molar-refractivity contribution in [3.63, 3.8) is 0 Å². The predicted octanol–water partition coefficient (Wildman–Crippen LogP) is 2.72. The smallest absolute Gasteiger partial charge is 0.253 e. The van der Waals surface area contributed by atoms with Crippen LogP contribution in [0.25, 0.3) is 0 Å². The maximum absolute atomic E-state index is 11.9. The van der Waals surface area contributed by atoms with Gasteiger partial charge in [-0.3, -0.25) is 4.79 Å². The Bertz CT molecular complexity index is 450. The highest BCUT2D eigenvalue weighted by molar-refractivity contribution is 5.94. The molecule has 21 heavy (non-hydrogen) atoms. The largest absolute Gasteiger partial charge is 0.368 e. The number of carbonyl (C=O) groups is 1. The van der Waals surface area contributed by atoms with Crippen molar-refractivity contribution in [2.75, 3.05) is 11.9 Å². The Labute approximate surface area is 127 Å². The maximum Gasteiger partial charge on any atom is 0.253 e. The first-order valence-corrected chi connectivity index (χ1v) is 7.81. The van der Waals surface area contributed by atoms with Gasteiger partial charge in [0.15, 0.2) is 0 Å². The van der Waals surface area contributed by atoms with Gasteiger partial charge in [0.05, 0.1) is 0 Å². The van der Waals surface area contributed by atoms with Crippen LogP contribution >= 0.6 is 0 Å². The fourth-order valence-corrected chi connectivity index (χ4v) is 2.72. The highest BCUT2D eigenvalue weighted by Crippen LogP contribution is 2.17. The number of carbonyl (C=O) groups excluding carboxylic acids is 1. The molecule has 0 aromatic heterocycles. The third-order valence-electron chi connectivity index (χ3n) is 3.72. The lowest BCUT2D eigenvalue weighted by atomic mass is 9.98. The van der Waals surface area contributed by atoms with Gasteiger partial charge in [0, 0.05) is 18.3 Å². The van der Waals surface area contributed by atoms with E-state index in [9.17, 15) is 4.79 Å². The molecule has 1 heterocycles. The van der Waals surface area contributed by atoms with E-state index in [0.717, 1.165) is 31.4 Å². The quantitative estimate of drug-likeness (QED) is 0.846. The van der Waals surface area contributed by atoms with E-state index in [1.54, 1.807) is 0 Å². The molecule has 116 valence electrons. The summed E-state index contributed by atoms with van der Waals surface area (Å²) in [5, 5.41) is 2.90. The molecule has 1 saturated heterocycles. The number of nitrogens with two attached hydrogens (primary N) is 1. The molecule has 4 nitrogen and oxygen atoms in total. The van der Waals surface area contributed by atoms with E-state index in [1.807, 2.05) is 24.3 Å². The van der Waals surface area contributed by atoms with Crippen molar-refractivity contribution in [3.05, 3.63) is 29.8 Å². The number of amides is 1. The van der Waals surface area contributed by atoms with Gasteiger partial charge in [0.1, 0.15) is 6.10 Å². The van der Waals surface area contributed by atoms with E-state index in [0.29, 0.717) is 12.5 Å². The molecule has 1 fully saturated rings. The van der Waals surface area contributed by atoms with Gasteiger partial charge < -0.3 is 15.8 Å². The summed E-state index contributed by atoms with van der Waals surface area (Å²) in [5.74, 6) is 0.571. The summed E-state index contributed by atoms with van der Waals surface area (Å²) >= 11 is 0. The Morgan fingerprint density at radius 1 is 1.38 bits per heavy atom. The molecule has 0 aliphatic carbocycles. The number of benzene rings is 1. The average molecular weight is 290 g/mol. The molecule has 3 N–H and O–H groups in total. The van der Waals surface area contributed by atoms with E-state index in [2.05, 4.69) is 19.2 Å². The number of hydrogen-bond donors (Lipinski definition) is 2. The molecule has 0 saturated carbocycles. The van der Waals surface area contributed by atoms with Crippen LogP contribution in [0, 0.1) is 5.92 Å². The molecule has 1 amide bonds. The Hall–Kier alpha value is -1.39. The van der Waals surface area contributed by atoms with Gasteiger partial charge in [-0.1, -0.05) is 26.0 Å². The molecular formula is C17H26N2O2. The Morgan fingerprint density at radius 2 is 2.10 bits per heavy atom. The van der Waals surface area contributed by atoms with E-state index < -0.39 is 0 Å². The monoisotopic (exact) mass is 290 g/mol. The number of hydrogen-bond acceptors (Lipinski definition) is 3. The van der Waals surface area contributed by atoms with Gasteiger partial charge in [-0.2, -0.15) is 0 Å². The third kappa shape index (κ3) is 5.14. The molecule has 2 atom stereocenters. The van der Waals surface area contributed by atoms with Crippen LogP contribution in [0.1, 0.15) is 38.7 Å². The molecule has 0 radical (unpaired) electrons. The number of anilines is 1. The van der Waals surface area contributed by atoms with Crippen LogP contribution in [0.2, 0.25) is 0 Å². The maximum atomic E-state index is 11.9. The van der Waals surface area contributed by atoms with Crippen LogP contribution in [0.5, 0.6) is 0 Å². The second kappa shape index (κ2) is 7.57. The van der Waals surface area contributed by atoms with Crippen LogP contribution in [-0.2, 0) is 16.0 Å². The Morgan fingerprint density at radius 3 is 2.67 bits per heavy atom. The Kier molecular flexibility index (Phi) is 5.76. The van der Waals surface area contributed by atoms with E-state index in [4.69, 9.17) is 10.5 Å². The van der Waals surface area contributed by atoms with Crippen molar-refractivity contribution in [2.45, 2.75) is 51.7 Å². The molecule has 2 rings (SSSR count). The van der Waals surface area contributed by atoms with Crippen LogP contribution < -0.4 is 11.1 Å². The SMILES string of the molecule is CC(C)CC(N)Cc1ccc(NC(=O)C2CCCO2)cc1. The predicted molar refractivity (Wildman–Crippen MR) is 85.2 cm³/mol. The fourth-order valence-electron chi connectivity index (χ4n) is 2.72. The molecule has 0 spiro atoms. The molecule has 1 aromatic rings. The van der Waals surface area contributed by atoms with Crippen LogP contribution in [0.15, 0.2) is 24.3 Å². The molecule has 2 unspecified atom stereocenters. The Balaban J connectivity index is 1.85. The van der Waals surface area contributed by atoms with Crippen LogP contribution in [-0.4, -0.2) is 24.7 Å². The normalized spacial score (nSPS) is 19.7. The summed E-state index contributed by atoms with van der Waals surface area (Å²) in [6.07, 6.45) is 3.39. The van der Waals surface area contributed by atoms with Crippen molar-refractivity contribution in [3.8, 4) is 0 Å². The molecule has 1 aliphatic rings.